The zero-order valence-corrected chi connectivity index (χ0v) is 19.6. The molecule has 0 unspecified atom stereocenters. The van der Waals surface area contributed by atoms with Crippen molar-refractivity contribution in [2.24, 2.45) is 0 Å². The molecule has 7 nitrogen and oxygen atoms in total. The number of hydrogen-bond acceptors (Lipinski definition) is 5. The number of anilines is 3. The van der Waals surface area contributed by atoms with Gasteiger partial charge in [-0.1, -0.05) is 35.9 Å². The molecule has 8 heteroatoms. The standard InChI is InChI=1S/C27H23ClN4O3/c28-19-7-4-8-21(15-19)31-11-13-32(14-12-31)25-17-23(27(34)35)22-16-20(9-10-24(22)30-25)29-26(33)18-5-2-1-3-6-18/h1-10,15-17H,11-14H2,(H,29,33)(H,34,35). The molecule has 1 fully saturated rings. The largest absolute Gasteiger partial charge is 0.478 e. The number of pyridine rings is 1. The molecule has 0 aliphatic carbocycles. The Labute approximate surface area is 207 Å². The third kappa shape index (κ3) is 4.90. The van der Waals surface area contributed by atoms with Crippen molar-refractivity contribution in [1.82, 2.24) is 4.98 Å². The quantitative estimate of drug-likeness (QED) is 0.405. The van der Waals surface area contributed by atoms with Gasteiger partial charge in [-0.25, -0.2) is 9.78 Å². The number of halogens is 1. The molecule has 1 aromatic heterocycles. The van der Waals surface area contributed by atoms with Crippen LogP contribution in [0, 0.1) is 0 Å². The number of nitrogens with one attached hydrogen (secondary N) is 1. The van der Waals surface area contributed by atoms with E-state index in [9.17, 15) is 14.7 Å². The highest BCUT2D eigenvalue weighted by Crippen LogP contribution is 2.28. The number of carboxylic acids is 1. The number of nitrogens with zero attached hydrogens (tertiary/aromatic N) is 3. The molecule has 4 aromatic rings. The molecule has 1 saturated heterocycles. The molecule has 0 spiro atoms. The van der Waals surface area contributed by atoms with Crippen LogP contribution >= 0.6 is 11.6 Å². The van der Waals surface area contributed by atoms with E-state index in [4.69, 9.17) is 16.6 Å². The maximum Gasteiger partial charge on any atom is 0.336 e. The first-order valence-electron chi connectivity index (χ1n) is 11.3. The van der Waals surface area contributed by atoms with Gasteiger partial charge in [0.2, 0.25) is 0 Å². The highest BCUT2D eigenvalue weighted by molar-refractivity contribution is 6.30. The fraction of sp³-hybridized carbons (Fsp3) is 0.148. The van der Waals surface area contributed by atoms with Gasteiger partial charge in [0.25, 0.3) is 5.91 Å². The minimum absolute atomic E-state index is 0.151. The second-order valence-corrected chi connectivity index (χ2v) is 8.78. The number of rotatable bonds is 5. The van der Waals surface area contributed by atoms with Gasteiger partial charge in [0, 0.05) is 53.5 Å². The molecule has 0 saturated carbocycles. The van der Waals surface area contributed by atoms with Crippen molar-refractivity contribution < 1.29 is 14.7 Å². The van der Waals surface area contributed by atoms with Crippen LogP contribution in [0.25, 0.3) is 10.9 Å². The van der Waals surface area contributed by atoms with Crippen LogP contribution in [-0.4, -0.2) is 48.1 Å². The first-order chi connectivity index (χ1) is 17.0. The first kappa shape index (κ1) is 22.7. The molecule has 5 rings (SSSR count). The SMILES string of the molecule is O=C(Nc1ccc2nc(N3CCN(c4cccc(Cl)c4)CC3)cc(C(=O)O)c2c1)c1ccccc1. The second kappa shape index (κ2) is 9.64. The normalized spacial score (nSPS) is 13.6. The third-order valence-electron chi connectivity index (χ3n) is 6.10. The molecular weight excluding hydrogens is 464 g/mol. The summed E-state index contributed by atoms with van der Waals surface area (Å²) in [4.78, 5) is 33.7. The van der Waals surface area contributed by atoms with Gasteiger partial charge in [-0.3, -0.25) is 4.79 Å². The van der Waals surface area contributed by atoms with E-state index in [2.05, 4.69) is 15.1 Å². The predicted molar refractivity (Wildman–Crippen MR) is 139 cm³/mol. The lowest BCUT2D eigenvalue weighted by Gasteiger charge is -2.37. The number of hydrogen-bond donors (Lipinski definition) is 2. The van der Waals surface area contributed by atoms with Gasteiger partial charge in [-0.05, 0) is 54.6 Å². The van der Waals surface area contributed by atoms with E-state index in [1.165, 1.54) is 0 Å². The Morgan fingerprint density at radius 1 is 0.857 bits per heavy atom. The molecular formula is C27H23ClN4O3. The van der Waals surface area contributed by atoms with Crippen molar-refractivity contribution in [2.45, 2.75) is 0 Å². The van der Waals surface area contributed by atoms with Gasteiger partial charge in [-0.15, -0.1) is 0 Å². The van der Waals surface area contributed by atoms with E-state index >= 15 is 0 Å². The zero-order valence-electron chi connectivity index (χ0n) is 18.8. The Morgan fingerprint density at radius 2 is 1.60 bits per heavy atom. The van der Waals surface area contributed by atoms with E-state index in [-0.39, 0.29) is 11.5 Å². The predicted octanol–water partition coefficient (Wildman–Crippen LogP) is 5.17. The average Bonchev–Trinajstić information content (AvgIpc) is 2.88. The van der Waals surface area contributed by atoms with E-state index in [1.54, 1.807) is 48.5 Å². The Hall–Kier alpha value is -4.10. The molecule has 2 N–H and O–H groups in total. The van der Waals surface area contributed by atoms with Gasteiger partial charge in [0.15, 0.2) is 0 Å². The number of aromatic carboxylic acids is 1. The van der Waals surface area contributed by atoms with Crippen molar-refractivity contribution in [3.8, 4) is 0 Å². The summed E-state index contributed by atoms with van der Waals surface area (Å²) < 4.78 is 0. The molecule has 0 atom stereocenters. The number of fused-ring (bicyclic) bond motifs is 1. The third-order valence-corrected chi connectivity index (χ3v) is 6.33. The zero-order chi connectivity index (χ0) is 24.4. The smallest absolute Gasteiger partial charge is 0.336 e. The summed E-state index contributed by atoms with van der Waals surface area (Å²) in [6, 6.07) is 23.4. The number of amides is 1. The summed E-state index contributed by atoms with van der Waals surface area (Å²) in [5, 5.41) is 13.9. The van der Waals surface area contributed by atoms with Crippen molar-refractivity contribution in [2.75, 3.05) is 41.3 Å². The summed E-state index contributed by atoms with van der Waals surface area (Å²) in [5.74, 6) is -0.673. The summed E-state index contributed by atoms with van der Waals surface area (Å²) in [6.45, 7) is 2.95. The molecule has 1 amide bonds. The summed E-state index contributed by atoms with van der Waals surface area (Å²) >= 11 is 6.14. The lowest BCUT2D eigenvalue weighted by atomic mass is 10.1. The van der Waals surface area contributed by atoms with Gasteiger partial charge in [0.05, 0.1) is 11.1 Å². The van der Waals surface area contributed by atoms with E-state index in [0.717, 1.165) is 18.8 Å². The summed E-state index contributed by atoms with van der Waals surface area (Å²) in [6.07, 6.45) is 0. The monoisotopic (exact) mass is 486 g/mol. The first-order valence-corrected chi connectivity index (χ1v) is 11.7. The minimum Gasteiger partial charge on any atom is -0.478 e. The maximum atomic E-state index is 12.5. The van der Waals surface area contributed by atoms with E-state index < -0.39 is 5.97 Å². The molecule has 35 heavy (non-hydrogen) atoms. The second-order valence-electron chi connectivity index (χ2n) is 8.34. The van der Waals surface area contributed by atoms with Crippen LogP contribution in [0.15, 0.2) is 78.9 Å². The number of carbonyl (C=O) groups excluding carboxylic acids is 1. The molecule has 2 heterocycles. The molecule has 0 radical (unpaired) electrons. The Bertz CT molecular complexity index is 1400. The molecule has 1 aliphatic heterocycles. The molecule has 0 bridgehead atoms. The van der Waals surface area contributed by atoms with E-state index in [1.807, 2.05) is 30.3 Å². The van der Waals surface area contributed by atoms with Crippen molar-refractivity contribution in [3.63, 3.8) is 0 Å². The Morgan fingerprint density at radius 3 is 2.31 bits per heavy atom. The van der Waals surface area contributed by atoms with Crippen LogP contribution in [-0.2, 0) is 0 Å². The number of carbonyl (C=O) groups is 2. The Kier molecular flexibility index (Phi) is 6.25. The molecule has 1 aliphatic rings. The highest BCUT2D eigenvalue weighted by atomic mass is 35.5. The van der Waals surface area contributed by atoms with Gasteiger partial charge in [-0.2, -0.15) is 0 Å². The van der Waals surface area contributed by atoms with Crippen LogP contribution in [0.2, 0.25) is 5.02 Å². The van der Waals surface area contributed by atoms with E-state index in [0.29, 0.717) is 46.1 Å². The summed E-state index contributed by atoms with van der Waals surface area (Å²) in [7, 11) is 0. The van der Waals surface area contributed by atoms with Crippen LogP contribution in [0.3, 0.4) is 0 Å². The lowest BCUT2D eigenvalue weighted by Crippen LogP contribution is -2.46. The number of benzene rings is 3. The van der Waals surface area contributed by atoms with Crippen molar-refractivity contribution in [1.29, 1.82) is 0 Å². The van der Waals surface area contributed by atoms with Crippen molar-refractivity contribution in [3.05, 3.63) is 95.0 Å². The Balaban J connectivity index is 1.38. The van der Waals surface area contributed by atoms with Gasteiger partial charge in [0.1, 0.15) is 5.82 Å². The summed E-state index contributed by atoms with van der Waals surface area (Å²) in [5.41, 5.74) is 2.82. The average molecular weight is 487 g/mol. The fourth-order valence-corrected chi connectivity index (χ4v) is 4.47. The topological polar surface area (TPSA) is 85.8 Å². The van der Waals surface area contributed by atoms with Crippen LogP contribution in [0.4, 0.5) is 17.2 Å². The van der Waals surface area contributed by atoms with Crippen LogP contribution < -0.4 is 15.1 Å². The molecule has 176 valence electrons. The number of piperazine rings is 1. The minimum atomic E-state index is -1.04. The molecule has 3 aromatic carbocycles. The van der Waals surface area contributed by atoms with Gasteiger partial charge < -0.3 is 20.2 Å². The van der Waals surface area contributed by atoms with Crippen LogP contribution in [0.5, 0.6) is 0 Å². The lowest BCUT2D eigenvalue weighted by molar-refractivity contribution is 0.0698. The number of carboxylic acid groups (broad SMARTS) is 1. The van der Waals surface area contributed by atoms with Crippen molar-refractivity contribution >= 4 is 51.6 Å². The number of aromatic nitrogens is 1. The maximum absolute atomic E-state index is 12.5. The fourth-order valence-electron chi connectivity index (χ4n) is 4.29. The van der Waals surface area contributed by atoms with Crippen LogP contribution in [0.1, 0.15) is 20.7 Å². The highest BCUT2D eigenvalue weighted by Gasteiger charge is 2.21. The van der Waals surface area contributed by atoms with Gasteiger partial charge >= 0.3 is 5.97 Å².